The highest BCUT2D eigenvalue weighted by molar-refractivity contribution is 7.14. The molecule has 1 aliphatic rings. The minimum Gasteiger partial charge on any atom is -0.394 e. The molecule has 1 amide bonds. The molecule has 7 heteroatoms. The Bertz CT molecular complexity index is 403. The average molecular weight is 257 g/mol. The second kappa shape index (κ2) is 4.99. The van der Waals surface area contributed by atoms with Gasteiger partial charge in [-0.3, -0.25) is 4.79 Å². The van der Waals surface area contributed by atoms with Crippen molar-refractivity contribution in [3.63, 3.8) is 0 Å². The summed E-state index contributed by atoms with van der Waals surface area (Å²) in [5.74, 6) is -0.282. The van der Waals surface area contributed by atoms with Gasteiger partial charge in [-0.1, -0.05) is 0 Å². The quantitative estimate of drug-likeness (QED) is 0.673. The molecule has 17 heavy (non-hydrogen) atoms. The minimum absolute atomic E-state index is 0.0962. The molecule has 0 saturated carbocycles. The Kier molecular flexibility index (Phi) is 3.60. The van der Waals surface area contributed by atoms with E-state index in [0.29, 0.717) is 18.8 Å². The molecular formula is C10H15N3O3S. The number of rotatable bonds is 4. The van der Waals surface area contributed by atoms with Gasteiger partial charge in [0.2, 0.25) is 0 Å². The number of aromatic nitrogens is 1. The number of hydrogen-bond acceptors (Lipinski definition) is 6. The zero-order valence-electron chi connectivity index (χ0n) is 9.46. The Labute approximate surface area is 103 Å². The van der Waals surface area contributed by atoms with Crippen LogP contribution in [0.25, 0.3) is 0 Å². The fourth-order valence-electron chi connectivity index (χ4n) is 1.47. The van der Waals surface area contributed by atoms with Gasteiger partial charge in [0.1, 0.15) is 5.69 Å². The van der Waals surface area contributed by atoms with Crippen molar-refractivity contribution in [2.45, 2.75) is 19.1 Å². The molecular weight excluding hydrogens is 242 g/mol. The van der Waals surface area contributed by atoms with Crippen LogP contribution in [-0.4, -0.2) is 52.9 Å². The van der Waals surface area contributed by atoms with Crippen LogP contribution in [0, 0.1) is 0 Å². The van der Waals surface area contributed by atoms with Crippen LogP contribution in [-0.2, 0) is 0 Å². The van der Waals surface area contributed by atoms with Crippen molar-refractivity contribution in [3.8, 4) is 0 Å². The van der Waals surface area contributed by atoms with E-state index in [1.807, 2.05) is 4.90 Å². The standard InChI is InChI=1S/C10H15N3O3S/c1-6(4-14)11-9(16)8-5-17-10(12-8)13-2-7(15)3-13/h5-7,14-15H,2-4H2,1H3,(H,11,16). The molecule has 6 nitrogen and oxygen atoms in total. The summed E-state index contributed by atoms with van der Waals surface area (Å²) >= 11 is 1.38. The van der Waals surface area contributed by atoms with E-state index in [4.69, 9.17) is 5.11 Å². The van der Waals surface area contributed by atoms with Crippen LogP contribution in [0.2, 0.25) is 0 Å². The van der Waals surface area contributed by atoms with Gasteiger partial charge in [-0.2, -0.15) is 0 Å². The second-order valence-corrected chi connectivity index (χ2v) is 4.97. The van der Waals surface area contributed by atoms with E-state index >= 15 is 0 Å². The summed E-state index contributed by atoms with van der Waals surface area (Å²) in [7, 11) is 0. The summed E-state index contributed by atoms with van der Waals surface area (Å²) in [5.41, 5.74) is 0.353. The van der Waals surface area contributed by atoms with Crippen molar-refractivity contribution in [1.29, 1.82) is 0 Å². The monoisotopic (exact) mass is 257 g/mol. The molecule has 1 unspecified atom stereocenters. The molecule has 0 spiro atoms. The highest BCUT2D eigenvalue weighted by Crippen LogP contribution is 2.24. The molecule has 2 heterocycles. The molecule has 2 rings (SSSR count). The van der Waals surface area contributed by atoms with Crippen LogP contribution in [0.3, 0.4) is 0 Å². The van der Waals surface area contributed by atoms with E-state index in [9.17, 15) is 9.90 Å². The van der Waals surface area contributed by atoms with Gasteiger partial charge in [0.15, 0.2) is 5.13 Å². The van der Waals surface area contributed by atoms with Crippen LogP contribution in [0.1, 0.15) is 17.4 Å². The molecule has 1 aromatic heterocycles. The second-order valence-electron chi connectivity index (χ2n) is 4.13. The first-order chi connectivity index (χ1) is 8.10. The van der Waals surface area contributed by atoms with Crippen molar-refractivity contribution in [2.24, 2.45) is 0 Å². The summed E-state index contributed by atoms with van der Waals surface area (Å²) in [4.78, 5) is 17.8. The van der Waals surface area contributed by atoms with Crippen molar-refractivity contribution >= 4 is 22.4 Å². The van der Waals surface area contributed by atoms with E-state index in [1.54, 1.807) is 12.3 Å². The molecule has 1 saturated heterocycles. The summed E-state index contributed by atoms with van der Waals surface area (Å²) in [6, 6.07) is -0.279. The van der Waals surface area contributed by atoms with Crippen LogP contribution in [0.15, 0.2) is 5.38 Å². The number of nitrogens with one attached hydrogen (secondary N) is 1. The molecule has 1 fully saturated rings. The molecule has 0 aromatic carbocycles. The minimum atomic E-state index is -0.286. The van der Waals surface area contributed by atoms with Crippen molar-refractivity contribution in [2.75, 3.05) is 24.6 Å². The maximum Gasteiger partial charge on any atom is 0.271 e. The highest BCUT2D eigenvalue weighted by Gasteiger charge is 2.27. The van der Waals surface area contributed by atoms with E-state index in [1.165, 1.54) is 11.3 Å². The number of aliphatic hydroxyl groups excluding tert-OH is 2. The van der Waals surface area contributed by atoms with Gasteiger partial charge in [0, 0.05) is 24.5 Å². The lowest BCUT2D eigenvalue weighted by atomic mass is 10.2. The van der Waals surface area contributed by atoms with Gasteiger partial charge in [-0.25, -0.2) is 4.98 Å². The summed E-state index contributed by atoms with van der Waals surface area (Å²) < 4.78 is 0. The summed E-state index contributed by atoms with van der Waals surface area (Å²) in [5, 5.41) is 23.1. The number of thiazole rings is 1. The lowest BCUT2D eigenvalue weighted by Crippen LogP contribution is -2.50. The normalized spacial score (nSPS) is 17.7. The Morgan fingerprint density at radius 3 is 3.06 bits per heavy atom. The Hall–Kier alpha value is -1.18. The molecule has 3 N–H and O–H groups in total. The number of amides is 1. The van der Waals surface area contributed by atoms with Gasteiger partial charge in [0.05, 0.1) is 12.7 Å². The van der Waals surface area contributed by atoms with Gasteiger partial charge in [-0.05, 0) is 6.92 Å². The highest BCUT2D eigenvalue weighted by atomic mass is 32.1. The van der Waals surface area contributed by atoms with Gasteiger partial charge >= 0.3 is 0 Å². The predicted octanol–water partition coefficient (Wildman–Crippen LogP) is -0.565. The van der Waals surface area contributed by atoms with Gasteiger partial charge in [0.25, 0.3) is 5.91 Å². The first kappa shape index (κ1) is 12.3. The third-order valence-electron chi connectivity index (χ3n) is 2.51. The molecule has 1 aromatic rings. The number of nitrogens with zero attached hydrogens (tertiary/aromatic N) is 2. The fraction of sp³-hybridized carbons (Fsp3) is 0.600. The van der Waals surface area contributed by atoms with Crippen LogP contribution in [0.4, 0.5) is 5.13 Å². The van der Waals surface area contributed by atoms with Crippen LogP contribution < -0.4 is 10.2 Å². The first-order valence-electron chi connectivity index (χ1n) is 5.40. The van der Waals surface area contributed by atoms with E-state index in [2.05, 4.69) is 10.3 Å². The predicted molar refractivity (Wildman–Crippen MR) is 64.3 cm³/mol. The van der Waals surface area contributed by atoms with Gasteiger partial charge in [-0.15, -0.1) is 11.3 Å². The molecule has 0 bridgehead atoms. The average Bonchev–Trinajstić information content (AvgIpc) is 2.73. The third kappa shape index (κ3) is 2.74. The number of aliphatic hydroxyl groups is 2. The summed E-state index contributed by atoms with van der Waals surface area (Å²) in [6.45, 7) is 2.77. The number of anilines is 1. The third-order valence-corrected chi connectivity index (χ3v) is 3.41. The van der Waals surface area contributed by atoms with Crippen LogP contribution >= 0.6 is 11.3 Å². The maximum absolute atomic E-state index is 11.7. The lowest BCUT2D eigenvalue weighted by molar-refractivity contribution is 0.0918. The summed E-state index contributed by atoms with van der Waals surface area (Å²) in [6.07, 6.45) is -0.286. The Morgan fingerprint density at radius 2 is 2.47 bits per heavy atom. The van der Waals surface area contributed by atoms with E-state index in [0.717, 1.165) is 5.13 Å². The first-order valence-corrected chi connectivity index (χ1v) is 6.28. The lowest BCUT2D eigenvalue weighted by Gasteiger charge is -2.35. The molecule has 1 atom stereocenters. The largest absolute Gasteiger partial charge is 0.394 e. The van der Waals surface area contributed by atoms with E-state index in [-0.39, 0.29) is 24.7 Å². The van der Waals surface area contributed by atoms with E-state index < -0.39 is 0 Å². The molecule has 1 aliphatic heterocycles. The molecule has 0 radical (unpaired) electrons. The smallest absolute Gasteiger partial charge is 0.271 e. The molecule has 94 valence electrons. The number of carbonyl (C=O) groups is 1. The Morgan fingerprint density at radius 1 is 1.76 bits per heavy atom. The zero-order valence-corrected chi connectivity index (χ0v) is 10.3. The van der Waals surface area contributed by atoms with Gasteiger partial charge < -0.3 is 20.4 Å². The number of carbonyl (C=O) groups excluding carboxylic acids is 1. The van der Waals surface area contributed by atoms with Crippen molar-refractivity contribution < 1.29 is 15.0 Å². The Balaban J connectivity index is 1.95. The van der Waals surface area contributed by atoms with Crippen molar-refractivity contribution in [3.05, 3.63) is 11.1 Å². The van der Waals surface area contributed by atoms with Crippen LogP contribution in [0.5, 0.6) is 0 Å². The zero-order chi connectivity index (χ0) is 12.4. The maximum atomic E-state index is 11.7. The SMILES string of the molecule is CC(CO)NC(=O)c1csc(N2CC(O)C2)n1. The number of β-amino-alcohol motifs (C(OH)–C–C–N with tert-alkyl or cyclic N) is 1. The van der Waals surface area contributed by atoms with Crippen molar-refractivity contribution in [1.82, 2.24) is 10.3 Å². The topological polar surface area (TPSA) is 85.7 Å². The fourth-order valence-corrected chi connectivity index (χ4v) is 2.29. The number of hydrogen-bond donors (Lipinski definition) is 3. The molecule has 0 aliphatic carbocycles.